The second-order valence-electron chi connectivity index (χ2n) is 10.1. The third-order valence-electron chi connectivity index (χ3n) is 7.89. The highest BCUT2D eigenvalue weighted by Gasteiger charge is 2.36. The number of nitrogens with one attached hydrogen (secondary N) is 2. The number of benzene rings is 1. The van der Waals surface area contributed by atoms with Crippen LogP contribution >= 0.6 is 0 Å². The van der Waals surface area contributed by atoms with E-state index in [1.54, 1.807) is 0 Å². The third kappa shape index (κ3) is 4.74. The quantitative estimate of drug-likeness (QED) is 0.715. The molecule has 5 rings (SSSR count). The van der Waals surface area contributed by atoms with E-state index in [2.05, 4.69) is 20.7 Å². The van der Waals surface area contributed by atoms with Gasteiger partial charge in [-0.25, -0.2) is 0 Å². The number of hydrogen-bond acceptors (Lipinski definition) is 5. The zero-order chi connectivity index (χ0) is 21.2. The van der Waals surface area contributed by atoms with Gasteiger partial charge in [0, 0.05) is 19.1 Å². The van der Waals surface area contributed by atoms with Crippen molar-refractivity contribution in [2.24, 2.45) is 11.8 Å². The first-order valence-corrected chi connectivity index (χ1v) is 12.3. The number of amides is 1. The van der Waals surface area contributed by atoms with E-state index in [4.69, 9.17) is 4.52 Å². The lowest BCUT2D eigenvalue weighted by Crippen LogP contribution is -2.63. The number of aryl methyl sites for hydroxylation is 1. The molecule has 1 aromatic heterocycles. The average Bonchev–Trinajstić information content (AvgIpc) is 3.17. The minimum atomic E-state index is 0.0226. The van der Waals surface area contributed by atoms with Crippen molar-refractivity contribution >= 4 is 22.7 Å². The third-order valence-corrected chi connectivity index (χ3v) is 7.89. The minimum absolute atomic E-state index is 0.0226. The van der Waals surface area contributed by atoms with Crippen LogP contribution in [0.4, 0.5) is 5.82 Å². The summed E-state index contributed by atoms with van der Waals surface area (Å²) in [7, 11) is 0. The Morgan fingerprint density at radius 2 is 1.81 bits per heavy atom. The maximum absolute atomic E-state index is 12.4. The van der Waals surface area contributed by atoms with E-state index in [0.717, 1.165) is 47.5 Å². The van der Waals surface area contributed by atoms with Crippen molar-refractivity contribution in [2.75, 3.05) is 25.0 Å². The Hall–Kier alpha value is -2.08. The van der Waals surface area contributed by atoms with Gasteiger partial charge in [0.05, 0.1) is 18.0 Å². The van der Waals surface area contributed by atoms with Gasteiger partial charge in [-0.1, -0.05) is 48.9 Å². The van der Waals surface area contributed by atoms with Crippen molar-refractivity contribution in [1.29, 1.82) is 0 Å². The molecule has 1 aliphatic heterocycles. The molecule has 0 radical (unpaired) electrons. The van der Waals surface area contributed by atoms with Crippen LogP contribution in [0.5, 0.6) is 0 Å². The molecule has 2 aromatic rings. The fourth-order valence-corrected chi connectivity index (χ4v) is 6.07. The molecule has 3 aliphatic rings. The first-order valence-electron chi connectivity index (χ1n) is 12.3. The largest absolute Gasteiger partial charge is 0.358 e. The number of fused-ring (bicyclic) bond motifs is 1. The molecule has 0 atom stereocenters. The van der Waals surface area contributed by atoms with E-state index in [1.165, 1.54) is 57.8 Å². The molecule has 31 heavy (non-hydrogen) atoms. The van der Waals surface area contributed by atoms with Crippen molar-refractivity contribution in [3.8, 4) is 0 Å². The van der Waals surface area contributed by atoms with Crippen LogP contribution in [0.15, 0.2) is 22.7 Å². The van der Waals surface area contributed by atoms with Crippen LogP contribution in [0, 0.1) is 18.8 Å². The predicted octanol–water partition coefficient (Wildman–Crippen LogP) is 4.49. The van der Waals surface area contributed by atoms with Crippen LogP contribution < -0.4 is 10.6 Å². The Balaban J connectivity index is 1.02. The lowest BCUT2D eigenvalue weighted by Gasteiger charge is -2.47. The maximum Gasteiger partial charge on any atom is 0.239 e. The summed E-state index contributed by atoms with van der Waals surface area (Å²) in [6.07, 6.45) is 12.9. The molecule has 3 fully saturated rings. The molecule has 2 heterocycles. The Labute approximate surface area is 185 Å². The van der Waals surface area contributed by atoms with Gasteiger partial charge in [-0.15, -0.1) is 0 Å². The monoisotopic (exact) mass is 424 g/mol. The summed E-state index contributed by atoms with van der Waals surface area (Å²) in [5.41, 5.74) is 1.88. The number of likely N-dealkylation sites (tertiary alicyclic amines) is 1. The van der Waals surface area contributed by atoms with Gasteiger partial charge in [-0.05, 0) is 56.6 Å². The van der Waals surface area contributed by atoms with Gasteiger partial charge in [0.25, 0.3) is 0 Å². The van der Waals surface area contributed by atoms with Gasteiger partial charge in [-0.2, -0.15) is 0 Å². The highest BCUT2D eigenvalue weighted by molar-refractivity contribution is 5.90. The van der Waals surface area contributed by atoms with E-state index < -0.39 is 0 Å². The van der Waals surface area contributed by atoms with Gasteiger partial charge in [-0.3, -0.25) is 9.69 Å². The number of aromatic nitrogens is 1. The van der Waals surface area contributed by atoms with Crippen LogP contribution in [-0.4, -0.2) is 47.7 Å². The first-order chi connectivity index (χ1) is 15.2. The Morgan fingerprint density at radius 1 is 1.06 bits per heavy atom. The van der Waals surface area contributed by atoms with Crippen LogP contribution in [-0.2, 0) is 4.79 Å². The van der Waals surface area contributed by atoms with Crippen LogP contribution in [0.1, 0.15) is 63.4 Å². The van der Waals surface area contributed by atoms with E-state index in [9.17, 15) is 4.79 Å². The lowest BCUT2D eigenvalue weighted by molar-refractivity contribution is -0.121. The molecule has 2 aliphatic carbocycles. The molecule has 1 saturated heterocycles. The minimum Gasteiger partial charge on any atom is -0.358 e. The van der Waals surface area contributed by atoms with E-state index in [0.29, 0.717) is 5.82 Å². The number of carbonyl (C=O) groups excluding carboxylic acids is 1. The fraction of sp³-hybridized carbons (Fsp3) is 0.680. The van der Waals surface area contributed by atoms with E-state index in [1.807, 2.05) is 25.1 Å². The second-order valence-corrected chi connectivity index (χ2v) is 10.1. The van der Waals surface area contributed by atoms with Crippen LogP contribution in [0.3, 0.4) is 0 Å². The van der Waals surface area contributed by atoms with Crippen molar-refractivity contribution in [3.05, 3.63) is 23.8 Å². The van der Waals surface area contributed by atoms with Crippen LogP contribution in [0.2, 0.25) is 0 Å². The SMILES string of the molecule is Cc1ccc2onc(NCC(=O)NC3CN([C@H]4CC[C@@H](C5CCCCC5)CC4)C3)c2c1. The molecule has 0 bridgehead atoms. The van der Waals surface area contributed by atoms with E-state index >= 15 is 0 Å². The van der Waals surface area contributed by atoms with Gasteiger partial charge in [0.2, 0.25) is 5.91 Å². The molecule has 168 valence electrons. The highest BCUT2D eigenvalue weighted by Crippen LogP contribution is 2.39. The molecule has 1 amide bonds. The number of carbonyl (C=O) groups is 1. The molecule has 2 saturated carbocycles. The number of rotatable bonds is 6. The summed E-state index contributed by atoms with van der Waals surface area (Å²) in [4.78, 5) is 15.0. The zero-order valence-corrected chi connectivity index (χ0v) is 18.7. The average molecular weight is 425 g/mol. The summed E-state index contributed by atoms with van der Waals surface area (Å²) in [5, 5.41) is 11.3. The molecular formula is C25H36N4O2. The number of anilines is 1. The predicted molar refractivity (Wildman–Crippen MR) is 123 cm³/mol. The number of nitrogens with zero attached hydrogens (tertiary/aromatic N) is 2. The number of hydrogen-bond donors (Lipinski definition) is 2. The van der Waals surface area contributed by atoms with Gasteiger partial charge in [0.1, 0.15) is 0 Å². The van der Waals surface area contributed by atoms with Crippen LogP contribution in [0.25, 0.3) is 11.0 Å². The second kappa shape index (κ2) is 9.19. The molecule has 0 unspecified atom stereocenters. The molecule has 6 nitrogen and oxygen atoms in total. The summed E-state index contributed by atoms with van der Waals surface area (Å²) in [5.74, 6) is 2.65. The molecule has 1 aromatic carbocycles. The van der Waals surface area contributed by atoms with Gasteiger partial charge >= 0.3 is 0 Å². The first kappa shape index (κ1) is 20.8. The smallest absolute Gasteiger partial charge is 0.239 e. The Kier molecular flexibility index (Phi) is 6.17. The molecule has 0 spiro atoms. The normalized spacial score (nSPS) is 26.0. The van der Waals surface area contributed by atoms with Gasteiger partial charge < -0.3 is 15.2 Å². The van der Waals surface area contributed by atoms with Crippen molar-refractivity contribution in [2.45, 2.75) is 76.8 Å². The van der Waals surface area contributed by atoms with Crippen molar-refractivity contribution in [1.82, 2.24) is 15.4 Å². The maximum atomic E-state index is 12.4. The van der Waals surface area contributed by atoms with Crippen molar-refractivity contribution < 1.29 is 9.32 Å². The summed E-state index contributed by atoms with van der Waals surface area (Å²) in [6.45, 7) is 4.25. The summed E-state index contributed by atoms with van der Waals surface area (Å²) < 4.78 is 5.33. The standard InChI is InChI=1S/C25H36N4O2/c1-17-7-12-23-22(13-17)25(28-31-23)26-14-24(30)27-20-15-29(16-20)21-10-8-19(9-11-21)18-5-3-2-4-6-18/h7,12-13,18-21H,2-6,8-11,14-16H2,1H3,(H,26,28)(H,27,30)/t19-,21+. The Bertz CT molecular complexity index is 890. The summed E-state index contributed by atoms with van der Waals surface area (Å²) >= 11 is 0. The van der Waals surface area contributed by atoms with E-state index in [-0.39, 0.29) is 18.5 Å². The zero-order valence-electron chi connectivity index (χ0n) is 18.7. The Morgan fingerprint density at radius 3 is 2.58 bits per heavy atom. The topological polar surface area (TPSA) is 70.4 Å². The summed E-state index contributed by atoms with van der Waals surface area (Å²) in [6, 6.07) is 6.94. The fourth-order valence-electron chi connectivity index (χ4n) is 6.07. The molecule has 2 N–H and O–H groups in total. The molecule has 6 heteroatoms. The lowest BCUT2D eigenvalue weighted by atomic mass is 9.72. The molecular weight excluding hydrogens is 388 g/mol. The van der Waals surface area contributed by atoms with Gasteiger partial charge in [0.15, 0.2) is 11.4 Å². The van der Waals surface area contributed by atoms with Crippen molar-refractivity contribution in [3.63, 3.8) is 0 Å². The highest BCUT2D eigenvalue weighted by atomic mass is 16.5.